The maximum Gasteiger partial charge on any atom is 0.230 e. The summed E-state index contributed by atoms with van der Waals surface area (Å²) in [6.07, 6.45) is 8.27. The number of aromatic nitrogens is 2. The van der Waals surface area contributed by atoms with Crippen molar-refractivity contribution in [3.63, 3.8) is 0 Å². The minimum absolute atomic E-state index is 0.0514. The molecule has 0 unspecified atom stereocenters. The van der Waals surface area contributed by atoms with Gasteiger partial charge in [0, 0.05) is 20.2 Å². The van der Waals surface area contributed by atoms with Crippen LogP contribution in [-0.2, 0) is 9.53 Å². The molecule has 1 amide bonds. The van der Waals surface area contributed by atoms with Gasteiger partial charge in [0.2, 0.25) is 11.0 Å². The molecule has 1 aliphatic rings. The number of allylic oxidation sites excluding steroid dienone is 1. The topological polar surface area (TPSA) is 76.1 Å². The molecule has 23 heavy (non-hydrogen) atoms. The molecule has 1 heterocycles. The van der Waals surface area contributed by atoms with Gasteiger partial charge in [-0.1, -0.05) is 34.7 Å². The molecule has 0 spiro atoms. The number of carbonyl (C=O) groups is 1. The Kier molecular flexibility index (Phi) is 8.41. The maximum absolute atomic E-state index is 11.8. The molecule has 2 N–H and O–H groups in total. The monoisotopic (exact) mass is 356 g/mol. The van der Waals surface area contributed by atoms with Gasteiger partial charge in [-0.25, -0.2) is 0 Å². The predicted molar refractivity (Wildman–Crippen MR) is 95.2 cm³/mol. The molecule has 0 radical (unpaired) electrons. The van der Waals surface area contributed by atoms with Gasteiger partial charge in [0.1, 0.15) is 0 Å². The summed E-state index contributed by atoms with van der Waals surface area (Å²) in [5.41, 5.74) is 1.49. The average molecular weight is 357 g/mol. The lowest BCUT2D eigenvalue weighted by Crippen LogP contribution is -2.26. The highest BCUT2D eigenvalue weighted by molar-refractivity contribution is 8.01. The predicted octanol–water partition coefficient (Wildman–Crippen LogP) is 2.70. The van der Waals surface area contributed by atoms with Crippen LogP contribution in [0.25, 0.3) is 0 Å². The number of rotatable bonds is 10. The Hall–Kier alpha value is -1.12. The number of anilines is 1. The fourth-order valence-corrected chi connectivity index (χ4v) is 3.88. The number of hydrogen-bond acceptors (Lipinski definition) is 7. The van der Waals surface area contributed by atoms with E-state index < -0.39 is 0 Å². The minimum Gasteiger partial charge on any atom is -0.383 e. The molecule has 0 fully saturated rings. The van der Waals surface area contributed by atoms with E-state index in [4.69, 9.17) is 4.74 Å². The quantitative estimate of drug-likeness (QED) is 0.381. The molecule has 128 valence electrons. The molecule has 6 nitrogen and oxygen atoms in total. The van der Waals surface area contributed by atoms with Gasteiger partial charge in [-0.05, 0) is 32.1 Å². The van der Waals surface area contributed by atoms with Crippen molar-refractivity contribution in [1.29, 1.82) is 0 Å². The number of methoxy groups -OCH3 is 1. The molecule has 0 saturated heterocycles. The van der Waals surface area contributed by atoms with E-state index in [1.54, 1.807) is 7.11 Å². The fourth-order valence-electron chi connectivity index (χ4n) is 2.27. The normalized spacial score (nSPS) is 14.4. The lowest BCUT2D eigenvalue weighted by molar-refractivity contribution is -0.118. The highest BCUT2D eigenvalue weighted by atomic mass is 32.2. The molecule has 8 heteroatoms. The molecule has 1 aromatic heterocycles. The van der Waals surface area contributed by atoms with Crippen molar-refractivity contribution < 1.29 is 9.53 Å². The van der Waals surface area contributed by atoms with Gasteiger partial charge in [0.15, 0.2) is 4.34 Å². The summed E-state index contributed by atoms with van der Waals surface area (Å²) in [5, 5.41) is 14.9. The zero-order valence-corrected chi connectivity index (χ0v) is 15.1. The number of nitrogens with zero attached hydrogens (tertiary/aromatic N) is 2. The first-order valence-corrected chi connectivity index (χ1v) is 9.72. The number of carbonyl (C=O) groups excluding carboxylic acids is 1. The van der Waals surface area contributed by atoms with Gasteiger partial charge >= 0.3 is 0 Å². The number of amides is 1. The SMILES string of the molecule is COCCNc1nnc(SCC(=O)NCCC2=CCCCC2)s1. The van der Waals surface area contributed by atoms with Crippen molar-refractivity contribution in [3.05, 3.63) is 11.6 Å². The molecule has 1 aliphatic carbocycles. The zero-order chi connectivity index (χ0) is 16.3. The Morgan fingerprint density at radius 2 is 2.30 bits per heavy atom. The van der Waals surface area contributed by atoms with Gasteiger partial charge in [0.25, 0.3) is 0 Å². The van der Waals surface area contributed by atoms with Crippen molar-refractivity contribution >= 4 is 34.1 Å². The maximum atomic E-state index is 11.8. The van der Waals surface area contributed by atoms with E-state index >= 15 is 0 Å². The van der Waals surface area contributed by atoms with E-state index in [1.165, 1.54) is 54.4 Å². The van der Waals surface area contributed by atoms with Crippen molar-refractivity contribution in [2.45, 2.75) is 36.4 Å². The second kappa shape index (κ2) is 10.6. The molecule has 0 atom stereocenters. The van der Waals surface area contributed by atoms with Crippen molar-refractivity contribution in [2.75, 3.05) is 37.9 Å². The van der Waals surface area contributed by atoms with Crippen molar-refractivity contribution in [1.82, 2.24) is 15.5 Å². The summed E-state index contributed by atoms with van der Waals surface area (Å²) in [4.78, 5) is 11.8. The van der Waals surface area contributed by atoms with Crippen LogP contribution in [0.1, 0.15) is 32.1 Å². The fraction of sp³-hybridized carbons (Fsp3) is 0.667. The number of hydrogen-bond donors (Lipinski definition) is 2. The summed E-state index contributed by atoms with van der Waals surface area (Å²) >= 11 is 2.88. The van der Waals surface area contributed by atoms with Crippen LogP contribution < -0.4 is 10.6 Å². The third-order valence-corrected chi connectivity index (χ3v) is 5.48. The number of ether oxygens (including phenoxy) is 1. The average Bonchev–Trinajstić information content (AvgIpc) is 3.02. The molecular formula is C15H24N4O2S2. The standard InChI is InChI=1S/C15H24N4O2S2/c1-21-10-9-17-14-18-19-15(23-14)22-11-13(20)16-8-7-12-5-3-2-4-6-12/h5H,2-4,6-11H2,1H3,(H,16,20)(H,17,18). The Balaban J connectivity index is 1.59. The van der Waals surface area contributed by atoms with Crippen LogP contribution >= 0.6 is 23.1 Å². The molecule has 1 aromatic rings. The van der Waals surface area contributed by atoms with E-state index in [0.717, 1.165) is 22.4 Å². The van der Waals surface area contributed by atoms with E-state index in [9.17, 15) is 4.79 Å². The molecular weight excluding hydrogens is 332 g/mol. The first kappa shape index (κ1) is 18.2. The van der Waals surface area contributed by atoms with Crippen LogP contribution in [0.3, 0.4) is 0 Å². The number of thioether (sulfide) groups is 1. The van der Waals surface area contributed by atoms with Crippen LogP contribution in [0.4, 0.5) is 5.13 Å². The summed E-state index contributed by atoms with van der Waals surface area (Å²) in [7, 11) is 1.66. The summed E-state index contributed by atoms with van der Waals surface area (Å²) in [6.45, 7) is 2.05. The number of nitrogens with one attached hydrogen (secondary N) is 2. The lowest BCUT2D eigenvalue weighted by atomic mass is 9.97. The third-order valence-electron chi connectivity index (χ3n) is 3.47. The largest absolute Gasteiger partial charge is 0.383 e. The first-order valence-electron chi connectivity index (χ1n) is 7.91. The van der Waals surface area contributed by atoms with E-state index in [-0.39, 0.29) is 5.91 Å². The van der Waals surface area contributed by atoms with Crippen LogP contribution in [0.2, 0.25) is 0 Å². The molecule has 0 aliphatic heterocycles. The van der Waals surface area contributed by atoms with Gasteiger partial charge in [-0.2, -0.15) is 0 Å². The second-order valence-electron chi connectivity index (χ2n) is 5.29. The Labute approximate surface area is 145 Å². The molecule has 0 saturated carbocycles. The Bertz CT molecular complexity index is 519. The van der Waals surface area contributed by atoms with E-state index in [1.807, 2.05) is 0 Å². The summed E-state index contributed by atoms with van der Waals surface area (Å²) in [5.74, 6) is 0.432. The first-order chi connectivity index (χ1) is 11.3. The van der Waals surface area contributed by atoms with Gasteiger partial charge in [-0.15, -0.1) is 10.2 Å². The van der Waals surface area contributed by atoms with Gasteiger partial charge in [0.05, 0.1) is 12.4 Å². The Morgan fingerprint density at radius 1 is 1.39 bits per heavy atom. The molecule has 2 rings (SSSR count). The minimum atomic E-state index is 0.0514. The van der Waals surface area contributed by atoms with Crippen LogP contribution in [0, 0.1) is 0 Å². The van der Waals surface area contributed by atoms with Crippen LogP contribution in [0.15, 0.2) is 16.0 Å². The van der Waals surface area contributed by atoms with Crippen molar-refractivity contribution in [2.24, 2.45) is 0 Å². The highest BCUT2D eigenvalue weighted by Gasteiger charge is 2.08. The Morgan fingerprint density at radius 3 is 3.09 bits per heavy atom. The van der Waals surface area contributed by atoms with E-state index in [0.29, 0.717) is 18.9 Å². The van der Waals surface area contributed by atoms with E-state index in [2.05, 4.69) is 26.9 Å². The smallest absolute Gasteiger partial charge is 0.230 e. The third kappa shape index (κ3) is 7.32. The molecule has 0 bridgehead atoms. The molecule has 0 aromatic carbocycles. The van der Waals surface area contributed by atoms with Gasteiger partial charge < -0.3 is 15.4 Å². The van der Waals surface area contributed by atoms with Crippen LogP contribution in [0.5, 0.6) is 0 Å². The summed E-state index contributed by atoms with van der Waals surface area (Å²) in [6, 6.07) is 0. The second-order valence-corrected chi connectivity index (χ2v) is 7.49. The summed E-state index contributed by atoms with van der Waals surface area (Å²) < 4.78 is 5.76. The highest BCUT2D eigenvalue weighted by Crippen LogP contribution is 2.25. The lowest BCUT2D eigenvalue weighted by Gasteiger charge is -2.12. The zero-order valence-electron chi connectivity index (χ0n) is 13.5. The van der Waals surface area contributed by atoms with Gasteiger partial charge in [-0.3, -0.25) is 4.79 Å². The van der Waals surface area contributed by atoms with Crippen molar-refractivity contribution in [3.8, 4) is 0 Å². The van der Waals surface area contributed by atoms with Crippen LogP contribution in [-0.4, -0.2) is 48.7 Å².